The number of rotatable bonds is 4. The maximum absolute atomic E-state index is 5.77. The largest absolute Gasteiger partial charge is 0.490 e. The summed E-state index contributed by atoms with van der Waals surface area (Å²) in [5, 5.41) is 1.02. The molecule has 2 aromatic rings. The summed E-state index contributed by atoms with van der Waals surface area (Å²) in [6.45, 7) is 7.21. The van der Waals surface area contributed by atoms with Gasteiger partial charge in [0.1, 0.15) is 12.4 Å². The summed E-state index contributed by atoms with van der Waals surface area (Å²) in [5.41, 5.74) is 0.790. The summed E-state index contributed by atoms with van der Waals surface area (Å²) in [6.07, 6.45) is 1.76. The Morgan fingerprint density at radius 2 is 1.95 bits per heavy atom. The van der Waals surface area contributed by atoms with Crippen molar-refractivity contribution >= 4 is 26.8 Å². The third-order valence-electron chi connectivity index (χ3n) is 2.54. The molecule has 0 aliphatic carbocycles. The van der Waals surface area contributed by atoms with Gasteiger partial charge < -0.3 is 9.47 Å². The summed E-state index contributed by atoms with van der Waals surface area (Å²) in [4.78, 5) is 4.33. The highest BCUT2D eigenvalue weighted by Gasteiger charge is 2.10. The van der Waals surface area contributed by atoms with E-state index in [0.717, 1.165) is 21.1 Å². The molecule has 0 spiro atoms. The third kappa shape index (κ3) is 4.18. The van der Waals surface area contributed by atoms with Crippen molar-refractivity contribution in [2.24, 2.45) is 0 Å². The molecule has 0 bridgehead atoms. The minimum Gasteiger partial charge on any atom is -0.490 e. The normalized spacial score (nSPS) is 11.8. The standard InChI is InChI=1S/C15H18BrNO2/c1-15(2,3)19-9-8-18-14-6-7-17-13-10-11(16)4-5-12(13)14/h4-7,10H,8-9H2,1-3H3. The number of ether oxygens (including phenoxy) is 2. The van der Waals surface area contributed by atoms with Gasteiger partial charge in [0.15, 0.2) is 0 Å². The third-order valence-corrected chi connectivity index (χ3v) is 3.03. The van der Waals surface area contributed by atoms with E-state index < -0.39 is 0 Å². The molecule has 0 unspecified atom stereocenters. The Morgan fingerprint density at radius 1 is 1.16 bits per heavy atom. The number of nitrogens with zero attached hydrogens (tertiary/aromatic N) is 1. The van der Waals surface area contributed by atoms with Crippen molar-refractivity contribution in [2.45, 2.75) is 26.4 Å². The fourth-order valence-corrected chi connectivity index (χ4v) is 2.07. The molecular weight excluding hydrogens is 306 g/mol. The average Bonchev–Trinajstić information content (AvgIpc) is 2.33. The van der Waals surface area contributed by atoms with Gasteiger partial charge in [-0.2, -0.15) is 0 Å². The Balaban J connectivity index is 2.05. The number of hydrogen-bond donors (Lipinski definition) is 0. The van der Waals surface area contributed by atoms with Crippen LogP contribution in [0.5, 0.6) is 5.75 Å². The molecule has 0 aliphatic heterocycles. The molecular formula is C15H18BrNO2. The van der Waals surface area contributed by atoms with Gasteiger partial charge in [-0.1, -0.05) is 15.9 Å². The van der Waals surface area contributed by atoms with E-state index >= 15 is 0 Å². The van der Waals surface area contributed by atoms with Crippen LogP contribution in [0.4, 0.5) is 0 Å². The van der Waals surface area contributed by atoms with Crippen LogP contribution in [0.15, 0.2) is 34.9 Å². The maximum atomic E-state index is 5.77. The molecule has 0 N–H and O–H groups in total. The number of aromatic nitrogens is 1. The van der Waals surface area contributed by atoms with Crippen LogP contribution < -0.4 is 4.74 Å². The first-order valence-corrected chi connectivity index (χ1v) is 7.06. The van der Waals surface area contributed by atoms with Crippen molar-refractivity contribution in [2.75, 3.05) is 13.2 Å². The molecule has 0 amide bonds. The van der Waals surface area contributed by atoms with E-state index in [-0.39, 0.29) is 5.60 Å². The quantitative estimate of drug-likeness (QED) is 0.790. The zero-order valence-electron chi connectivity index (χ0n) is 11.4. The molecule has 3 nitrogen and oxygen atoms in total. The molecule has 102 valence electrons. The Morgan fingerprint density at radius 3 is 2.68 bits per heavy atom. The van der Waals surface area contributed by atoms with Crippen LogP contribution in [-0.2, 0) is 4.74 Å². The first-order valence-electron chi connectivity index (χ1n) is 6.27. The number of halogens is 1. The fourth-order valence-electron chi connectivity index (χ4n) is 1.72. The van der Waals surface area contributed by atoms with Gasteiger partial charge in [0.25, 0.3) is 0 Å². The van der Waals surface area contributed by atoms with Crippen LogP contribution in [0.3, 0.4) is 0 Å². The van der Waals surface area contributed by atoms with E-state index in [4.69, 9.17) is 9.47 Å². The van der Waals surface area contributed by atoms with Crippen LogP contribution in [0.1, 0.15) is 20.8 Å². The van der Waals surface area contributed by atoms with Crippen molar-refractivity contribution in [3.63, 3.8) is 0 Å². The van der Waals surface area contributed by atoms with Crippen molar-refractivity contribution < 1.29 is 9.47 Å². The van der Waals surface area contributed by atoms with Gasteiger partial charge in [-0.3, -0.25) is 4.98 Å². The van der Waals surface area contributed by atoms with Crippen molar-refractivity contribution in [3.05, 3.63) is 34.9 Å². The number of hydrogen-bond acceptors (Lipinski definition) is 3. The average molecular weight is 324 g/mol. The first-order chi connectivity index (χ1) is 8.96. The van der Waals surface area contributed by atoms with Gasteiger partial charge in [-0.05, 0) is 45.0 Å². The van der Waals surface area contributed by atoms with Crippen LogP contribution in [0, 0.1) is 0 Å². The minimum absolute atomic E-state index is 0.130. The topological polar surface area (TPSA) is 31.4 Å². The summed E-state index contributed by atoms with van der Waals surface area (Å²) >= 11 is 3.44. The van der Waals surface area contributed by atoms with Crippen LogP contribution in [0.2, 0.25) is 0 Å². The maximum Gasteiger partial charge on any atom is 0.130 e. The Hall–Kier alpha value is -1.13. The highest BCUT2D eigenvalue weighted by atomic mass is 79.9. The molecule has 0 saturated heterocycles. The molecule has 1 heterocycles. The lowest BCUT2D eigenvalue weighted by molar-refractivity contribution is -0.0161. The molecule has 1 aromatic carbocycles. The van der Waals surface area contributed by atoms with Gasteiger partial charge in [-0.25, -0.2) is 0 Å². The number of pyridine rings is 1. The molecule has 19 heavy (non-hydrogen) atoms. The van der Waals surface area contributed by atoms with E-state index in [1.54, 1.807) is 6.20 Å². The van der Waals surface area contributed by atoms with E-state index in [0.29, 0.717) is 13.2 Å². The van der Waals surface area contributed by atoms with Crippen LogP contribution in [-0.4, -0.2) is 23.8 Å². The predicted molar refractivity (Wildman–Crippen MR) is 80.6 cm³/mol. The Bertz CT molecular complexity index is 564. The Labute approximate surface area is 122 Å². The lowest BCUT2D eigenvalue weighted by Gasteiger charge is -2.19. The molecule has 0 saturated carbocycles. The van der Waals surface area contributed by atoms with Crippen molar-refractivity contribution in [1.82, 2.24) is 4.98 Å². The smallest absolute Gasteiger partial charge is 0.130 e. The van der Waals surface area contributed by atoms with E-state index in [2.05, 4.69) is 20.9 Å². The zero-order chi connectivity index (χ0) is 13.9. The van der Waals surface area contributed by atoms with E-state index in [1.807, 2.05) is 45.0 Å². The summed E-state index contributed by atoms with van der Waals surface area (Å²) < 4.78 is 12.4. The molecule has 0 atom stereocenters. The summed E-state index contributed by atoms with van der Waals surface area (Å²) in [6, 6.07) is 7.86. The summed E-state index contributed by atoms with van der Waals surface area (Å²) in [5.74, 6) is 0.843. The predicted octanol–water partition coefficient (Wildman–Crippen LogP) is 4.19. The van der Waals surface area contributed by atoms with Crippen LogP contribution in [0.25, 0.3) is 10.9 Å². The first kappa shape index (κ1) is 14.3. The molecule has 1 aromatic heterocycles. The number of benzene rings is 1. The molecule has 0 fully saturated rings. The number of fused-ring (bicyclic) bond motifs is 1. The lowest BCUT2D eigenvalue weighted by atomic mass is 10.2. The monoisotopic (exact) mass is 323 g/mol. The van der Waals surface area contributed by atoms with Crippen LogP contribution >= 0.6 is 15.9 Å². The van der Waals surface area contributed by atoms with Crippen molar-refractivity contribution in [3.8, 4) is 5.75 Å². The highest BCUT2D eigenvalue weighted by molar-refractivity contribution is 9.10. The highest BCUT2D eigenvalue weighted by Crippen LogP contribution is 2.26. The Kier molecular flexibility index (Phi) is 4.42. The molecule has 0 aliphatic rings. The lowest BCUT2D eigenvalue weighted by Crippen LogP contribution is -2.22. The second-order valence-corrected chi connectivity index (χ2v) is 6.20. The molecule has 0 radical (unpaired) electrons. The van der Waals surface area contributed by atoms with E-state index in [9.17, 15) is 0 Å². The van der Waals surface area contributed by atoms with Gasteiger partial charge in [0.2, 0.25) is 0 Å². The van der Waals surface area contributed by atoms with E-state index in [1.165, 1.54) is 0 Å². The van der Waals surface area contributed by atoms with Gasteiger partial charge >= 0.3 is 0 Å². The second-order valence-electron chi connectivity index (χ2n) is 5.28. The van der Waals surface area contributed by atoms with Gasteiger partial charge in [0, 0.05) is 16.1 Å². The molecule has 2 rings (SSSR count). The molecule has 4 heteroatoms. The van der Waals surface area contributed by atoms with Gasteiger partial charge in [-0.15, -0.1) is 0 Å². The minimum atomic E-state index is -0.130. The fraction of sp³-hybridized carbons (Fsp3) is 0.400. The van der Waals surface area contributed by atoms with Crippen molar-refractivity contribution in [1.29, 1.82) is 0 Å². The summed E-state index contributed by atoms with van der Waals surface area (Å²) in [7, 11) is 0. The van der Waals surface area contributed by atoms with Gasteiger partial charge in [0.05, 0.1) is 17.7 Å². The zero-order valence-corrected chi connectivity index (χ0v) is 13.0. The second kappa shape index (κ2) is 5.88. The SMILES string of the molecule is CC(C)(C)OCCOc1ccnc2cc(Br)ccc12.